The van der Waals surface area contributed by atoms with E-state index in [1.807, 2.05) is 6.08 Å². The zero-order valence-corrected chi connectivity index (χ0v) is 9.57. The Morgan fingerprint density at radius 1 is 1.14 bits per heavy atom. The normalized spacial score (nSPS) is 9.71. The van der Waals surface area contributed by atoms with Crippen LogP contribution >= 0.6 is 0 Å². The Morgan fingerprint density at radius 3 is 2.36 bits per heavy atom. The molecule has 0 heterocycles. The number of hydrogen-bond donors (Lipinski definition) is 0. The first-order chi connectivity index (χ1) is 6.57. The van der Waals surface area contributed by atoms with E-state index < -0.39 is 0 Å². The molecule has 0 spiro atoms. The van der Waals surface area contributed by atoms with Crippen molar-refractivity contribution in [1.29, 1.82) is 0 Å². The average Bonchev–Trinajstić information content (AvgIpc) is 2.18. The van der Waals surface area contributed by atoms with E-state index in [4.69, 9.17) is 0 Å². The third-order valence-electron chi connectivity index (χ3n) is 3.06. The first-order valence-corrected chi connectivity index (χ1v) is 4.98. The summed E-state index contributed by atoms with van der Waals surface area (Å²) >= 11 is 0. The van der Waals surface area contributed by atoms with Crippen LogP contribution in [0.3, 0.4) is 0 Å². The van der Waals surface area contributed by atoms with Crippen LogP contribution in [0, 0.1) is 27.7 Å². The van der Waals surface area contributed by atoms with E-state index in [1.165, 1.54) is 27.8 Å². The molecule has 1 aromatic carbocycles. The largest absolute Gasteiger partial charge is 0.133 e. The second-order valence-electron chi connectivity index (χ2n) is 3.84. The van der Waals surface area contributed by atoms with Crippen molar-refractivity contribution in [2.24, 2.45) is 0 Å². The number of aryl methyl sites for hydroxylation is 1. The molecule has 0 atom stereocenters. The van der Waals surface area contributed by atoms with Gasteiger partial charge in [-0.1, -0.05) is 12.6 Å². The molecule has 0 aromatic heterocycles. The van der Waals surface area contributed by atoms with Crippen molar-refractivity contribution in [2.75, 3.05) is 0 Å². The van der Waals surface area contributed by atoms with Gasteiger partial charge in [-0.3, -0.25) is 0 Å². The maximum absolute atomic E-state index is 3.59. The Bertz CT molecular complexity index is 391. The summed E-state index contributed by atoms with van der Waals surface area (Å²) in [5.41, 5.74) is 9.82. The summed E-state index contributed by atoms with van der Waals surface area (Å²) in [5, 5.41) is 0. The highest BCUT2D eigenvalue weighted by Gasteiger charge is 2.05. The molecule has 1 aromatic rings. The van der Waals surface area contributed by atoms with Gasteiger partial charge in [-0.25, -0.2) is 0 Å². The fourth-order valence-corrected chi connectivity index (χ4v) is 1.69. The van der Waals surface area contributed by atoms with Crippen molar-refractivity contribution in [3.8, 4) is 0 Å². The fraction of sp³-hybridized carbons (Fsp3) is 0.357. The van der Waals surface area contributed by atoms with Crippen LogP contribution in [-0.4, -0.2) is 0 Å². The molecule has 74 valence electrons. The lowest BCUT2D eigenvalue weighted by Crippen LogP contribution is -1.96. The molecule has 0 nitrogen and oxygen atoms in total. The number of benzene rings is 1. The molecule has 0 aliphatic rings. The quantitative estimate of drug-likeness (QED) is 0.616. The zero-order chi connectivity index (χ0) is 10.7. The minimum Gasteiger partial charge on any atom is -0.133 e. The first-order valence-electron chi connectivity index (χ1n) is 4.98. The van der Waals surface area contributed by atoms with Gasteiger partial charge in [0.15, 0.2) is 0 Å². The summed E-state index contributed by atoms with van der Waals surface area (Å²) in [5.74, 6) is 0. The van der Waals surface area contributed by atoms with Crippen molar-refractivity contribution in [3.05, 3.63) is 52.3 Å². The van der Waals surface area contributed by atoms with Gasteiger partial charge in [0.2, 0.25) is 0 Å². The minimum absolute atomic E-state index is 0.942. The Hall–Kier alpha value is -1.26. The van der Waals surface area contributed by atoms with Gasteiger partial charge in [-0.05, 0) is 68.0 Å². The van der Waals surface area contributed by atoms with Crippen molar-refractivity contribution in [3.63, 3.8) is 0 Å². The molecular weight excluding hydrogens is 168 g/mol. The molecule has 0 N–H and O–H groups in total. The fourth-order valence-electron chi connectivity index (χ4n) is 1.69. The average molecular weight is 186 g/mol. The van der Waals surface area contributed by atoms with E-state index in [-0.39, 0.29) is 0 Å². The van der Waals surface area contributed by atoms with E-state index >= 15 is 0 Å². The topological polar surface area (TPSA) is 0 Å². The summed E-state index contributed by atoms with van der Waals surface area (Å²) in [7, 11) is 0. The lowest BCUT2D eigenvalue weighted by Gasteiger charge is -2.12. The van der Waals surface area contributed by atoms with Gasteiger partial charge < -0.3 is 0 Å². The zero-order valence-electron chi connectivity index (χ0n) is 9.57. The number of rotatable bonds is 2. The number of allylic oxidation sites excluding steroid dienone is 1. The van der Waals surface area contributed by atoms with Crippen LogP contribution in [0.1, 0.15) is 27.8 Å². The van der Waals surface area contributed by atoms with Gasteiger partial charge in [-0.2, -0.15) is 0 Å². The molecule has 0 heteroatoms. The first kappa shape index (κ1) is 10.8. The Labute approximate surface area is 87.0 Å². The van der Waals surface area contributed by atoms with Crippen LogP contribution in [0.4, 0.5) is 0 Å². The predicted octanol–water partition coefficient (Wildman–Crippen LogP) is 3.80. The maximum atomic E-state index is 3.59. The van der Waals surface area contributed by atoms with Crippen molar-refractivity contribution in [1.82, 2.24) is 0 Å². The van der Waals surface area contributed by atoms with Crippen LogP contribution in [0.15, 0.2) is 24.5 Å². The third kappa shape index (κ3) is 1.97. The van der Waals surface area contributed by atoms with Crippen molar-refractivity contribution in [2.45, 2.75) is 34.1 Å². The Balaban J connectivity index is 3.25. The standard InChI is InChI=1S/C14H18/c1-6-7-8-14-9-10(2)11(3)12(4)13(14)5/h7,9H,1,8H2,2-5H3. The SMILES string of the molecule is C=C=CCc1cc(C)c(C)c(C)c1C. The molecular formula is C14H18. The molecule has 0 unspecified atom stereocenters. The van der Waals surface area contributed by atoms with Gasteiger partial charge in [0.05, 0.1) is 0 Å². The lowest BCUT2D eigenvalue weighted by atomic mass is 9.93. The maximum Gasteiger partial charge on any atom is -0.00186 e. The molecule has 0 amide bonds. The van der Waals surface area contributed by atoms with Gasteiger partial charge in [0.25, 0.3) is 0 Å². The van der Waals surface area contributed by atoms with Crippen LogP contribution in [-0.2, 0) is 6.42 Å². The summed E-state index contributed by atoms with van der Waals surface area (Å²) in [6, 6.07) is 2.27. The van der Waals surface area contributed by atoms with E-state index in [0.29, 0.717) is 0 Å². The minimum atomic E-state index is 0.942. The van der Waals surface area contributed by atoms with Gasteiger partial charge in [0.1, 0.15) is 0 Å². The summed E-state index contributed by atoms with van der Waals surface area (Å²) in [6.45, 7) is 12.3. The Morgan fingerprint density at radius 2 is 1.79 bits per heavy atom. The van der Waals surface area contributed by atoms with Crippen LogP contribution in [0.2, 0.25) is 0 Å². The van der Waals surface area contributed by atoms with E-state index in [9.17, 15) is 0 Å². The smallest absolute Gasteiger partial charge is 0.00186 e. The van der Waals surface area contributed by atoms with Gasteiger partial charge in [0, 0.05) is 0 Å². The van der Waals surface area contributed by atoms with E-state index in [2.05, 4.69) is 46.1 Å². The van der Waals surface area contributed by atoms with Crippen LogP contribution in [0.25, 0.3) is 0 Å². The van der Waals surface area contributed by atoms with Crippen molar-refractivity contribution < 1.29 is 0 Å². The predicted molar refractivity (Wildman–Crippen MR) is 62.8 cm³/mol. The van der Waals surface area contributed by atoms with Gasteiger partial charge >= 0.3 is 0 Å². The van der Waals surface area contributed by atoms with Crippen LogP contribution < -0.4 is 0 Å². The highest BCUT2D eigenvalue weighted by Crippen LogP contribution is 2.21. The Kier molecular flexibility index (Phi) is 3.33. The summed E-state index contributed by atoms with van der Waals surface area (Å²) < 4.78 is 0. The third-order valence-corrected chi connectivity index (χ3v) is 3.06. The van der Waals surface area contributed by atoms with Crippen LogP contribution in [0.5, 0.6) is 0 Å². The molecule has 0 fully saturated rings. The summed E-state index contributed by atoms with van der Waals surface area (Å²) in [4.78, 5) is 0. The highest BCUT2D eigenvalue weighted by molar-refractivity contribution is 5.44. The molecule has 0 aliphatic heterocycles. The van der Waals surface area contributed by atoms with Gasteiger partial charge in [-0.15, -0.1) is 5.73 Å². The van der Waals surface area contributed by atoms with E-state index in [0.717, 1.165) is 6.42 Å². The van der Waals surface area contributed by atoms with Crippen molar-refractivity contribution >= 4 is 0 Å². The molecule has 0 radical (unpaired) electrons. The molecule has 14 heavy (non-hydrogen) atoms. The highest BCUT2D eigenvalue weighted by atomic mass is 14.1. The molecule has 0 saturated heterocycles. The van der Waals surface area contributed by atoms with E-state index in [1.54, 1.807) is 0 Å². The second kappa shape index (κ2) is 4.30. The number of hydrogen-bond acceptors (Lipinski definition) is 0. The lowest BCUT2D eigenvalue weighted by molar-refractivity contribution is 1.13. The molecule has 0 saturated carbocycles. The summed E-state index contributed by atoms with van der Waals surface area (Å²) in [6.07, 6.45) is 2.92. The molecule has 0 bridgehead atoms. The molecule has 0 aliphatic carbocycles. The monoisotopic (exact) mass is 186 g/mol. The molecule has 1 rings (SSSR count). The second-order valence-corrected chi connectivity index (χ2v) is 3.84.